The van der Waals surface area contributed by atoms with E-state index in [0.717, 1.165) is 25.7 Å². The molecule has 1 saturated carbocycles. The summed E-state index contributed by atoms with van der Waals surface area (Å²) >= 11 is 0. The SMILES string of the molecule is CCC(C#N)S(=O)(=O)NC1CCCC(C)CC1. The monoisotopic (exact) mass is 258 g/mol. The number of hydrogen-bond acceptors (Lipinski definition) is 3. The predicted molar refractivity (Wildman–Crippen MR) is 67.8 cm³/mol. The van der Waals surface area contributed by atoms with Crippen LogP contribution in [0.1, 0.15) is 52.4 Å². The Hall–Kier alpha value is -0.600. The minimum Gasteiger partial charge on any atom is -0.211 e. The maximum atomic E-state index is 11.9. The van der Waals surface area contributed by atoms with Gasteiger partial charge in [-0.2, -0.15) is 5.26 Å². The summed E-state index contributed by atoms with van der Waals surface area (Å²) < 4.78 is 26.5. The van der Waals surface area contributed by atoms with Gasteiger partial charge < -0.3 is 0 Å². The molecule has 1 aliphatic carbocycles. The van der Waals surface area contributed by atoms with Crippen LogP contribution in [0.25, 0.3) is 0 Å². The number of nitrogens with zero attached hydrogens (tertiary/aromatic N) is 1. The summed E-state index contributed by atoms with van der Waals surface area (Å²) in [6, 6.07) is 1.88. The van der Waals surface area contributed by atoms with Crippen molar-refractivity contribution >= 4 is 10.0 Å². The van der Waals surface area contributed by atoms with E-state index in [1.807, 2.05) is 6.07 Å². The molecule has 0 aliphatic heterocycles. The maximum Gasteiger partial charge on any atom is 0.228 e. The van der Waals surface area contributed by atoms with Crippen molar-refractivity contribution in [2.75, 3.05) is 0 Å². The van der Waals surface area contributed by atoms with E-state index in [1.165, 1.54) is 6.42 Å². The van der Waals surface area contributed by atoms with Crippen molar-refractivity contribution in [1.29, 1.82) is 5.26 Å². The minimum absolute atomic E-state index is 0.0207. The van der Waals surface area contributed by atoms with E-state index < -0.39 is 15.3 Å². The zero-order chi connectivity index (χ0) is 12.9. The summed E-state index contributed by atoms with van der Waals surface area (Å²) in [5.74, 6) is 0.683. The summed E-state index contributed by atoms with van der Waals surface area (Å²) in [5, 5.41) is 7.91. The van der Waals surface area contributed by atoms with Crippen molar-refractivity contribution in [2.45, 2.75) is 63.7 Å². The average molecular weight is 258 g/mol. The molecule has 0 aromatic heterocycles. The van der Waals surface area contributed by atoms with Crippen LogP contribution in [0.2, 0.25) is 0 Å². The molecule has 3 unspecified atom stereocenters. The fourth-order valence-corrected chi connectivity index (χ4v) is 3.74. The van der Waals surface area contributed by atoms with Crippen LogP contribution in [-0.4, -0.2) is 19.7 Å². The predicted octanol–water partition coefficient (Wildman–Crippen LogP) is 2.18. The molecule has 1 fully saturated rings. The number of nitrogens with one attached hydrogen (secondary N) is 1. The van der Waals surface area contributed by atoms with Crippen LogP contribution in [0, 0.1) is 17.2 Å². The molecule has 0 radical (unpaired) electrons. The molecule has 1 aliphatic rings. The molecular weight excluding hydrogens is 236 g/mol. The highest BCUT2D eigenvalue weighted by molar-refractivity contribution is 7.90. The highest BCUT2D eigenvalue weighted by atomic mass is 32.2. The lowest BCUT2D eigenvalue weighted by molar-refractivity contribution is 0.483. The smallest absolute Gasteiger partial charge is 0.211 e. The van der Waals surface area contributed by atoms with Crippen LogP contribution in [0.5, 0.6) is 0 Å². The highest BCUT2D eigenvalue weighted by Gasteiger charge is 2.27. The zero-order valence-corrected chi connectivity index (χ0v) is 11.5. The molecule has 5 heteroatoms. The van der Waals surface area contributed by atoms with Crippen LogP contribution in [-0.2, 0) is 10.0 Å². The van der Waals surface area contributed by atoms with Gasteiger partial charge in [0.1, 0.15) is 0 Å². The van der Waals surface area contributed by atoms with Crippen molar-refractivity contribution in [2.24, 2.45) is 5.92 Å². The van der Waals surface area contributed by atoms with Gasteiger partial charge in [0.15, 0.2) is 5.25 Å². The molecule has 98 valence electrons. The summed E-state index contributed by atoms with van der Waals surface area (Å²) in [7, 11) is -3.47. The molecule has 0 spiro atoms. The molecule has 0 aromatic rings. The molecule has 0 heterocycles. The Labute approximate surface area is 104 Å². The molecule has 1 N–H and O–H groups in total. The first-order chi connectivity index (χ1) is 7.99. The minimum atomic E-state index is -3.47. The Kier molecular flexibility index (Phi) is 5.41. The van der Waals surface area contributed by atoms with Crippen molar-refractivity contribution in [3.05, 3.63) is 0 Å². The van der Waals surface area contributed by atoms with Crippen molar-refractivity contribution in [3.8, 4) is 6.07 Å². The third-order valence-corrected chi connectivity index (χ3v) is 5.33. The number of hydrogen-bond donors (Lipinski definition) is 1. The Morgan fingerprint density at radius 3 is 2.65 bits per heavy atom. The van der Waals surface area contributed by atoms with Gasteiger partial charge in [-0.3, -0.25) is 0 Å². The molecular formula is C12H22N2O2S. The van der Waals surface area contributed by atoms with E-state index in [-0.39, 0.29) is 6.04 Å². The Balaban J connectivity index is 2.61. The van der Waals surface area contributed by atoms with Crippen LogP contribution < -0.4 is 4.72 Å². The average Bonchev–Trinajstić information content (AvgIpc) is 2.44. The molecule has 4 nitrogen and oxygen atoms in total. The van der Waals surface area contributed by atoms with Gasteiger partial charge in [0.25, 0.3) is 0 Å². The van der Waals surface area contributed by atoms with Crippen LogP contribution in [0.15, 0.2) is 0 Å². The summed E-state index contributed by atoms with van der Waals surface area (Å²) in [6.07, 6.45) is 5.44. The lowest BCUT2D eigenvalue weighted by Gasteiger charge is -2.18. The van der Waals surface area contributed by atoms with E-state index in [0.29, 0.717) is 12.3 Å². The lowest BCUT2D eigenvalue weighted by atomic mass is 10.0. The van der Waals surface area contributed by atoms with E-state index in [9.17, 15) is 8.42 Å². The van der Waals surface area contributed by atoms with Gasteiger partial charge in [-0.1, -0.05) is 26.7 Å². The van der Waals surface area contributed by atoms with Gasteiger partial charge in [0.05, 0.1) is 6.07 Å². The first-order valence-corrected chi connectivity index (χ1v) is 7.95. The van der Waals surface area contributed by atoms with E-state index >= 15 is 0 Å². The second-order valence-electron chi connectivity index (χ2n) is 5.00. The third-order valence-electron chi connectivity index (χ3n) is 3.48. The Morgan fingerprint density at radius 2 is 2.06 bits per heavy atom. The second kappa shape index (κ2) is 6.36. The van der Waals surface area contributed by atoms with Crippen molar-refractivity contribution < 1.29 is 8.42 Å². The van der Waals surface area contributed by atoms with E-state index in [4.69, 9.17) is 5.26 Å². The van der Waals surface area contributed by atoms with E-state index in [2.05, 4.69) is 11.6 Å². The fourth-order valence-electron chi connectivity index (χ4n) is 2.30. The van der Waals surface area contributed by atoms with Gasteiger partial charge in [-0.25, -0.2) is 13.1 Å². The van der Waals surface area contributed by atoms with Gasteiger partial charge in [0, 0.05) is 6.04 Å². The second-order valence-corrected chi connectivity index (χ2v) is 6.89. The van der Waals surface area contributed by atoms with Crippen molar-refractivity contribution in [3.63, 3.8) is 0 Å². The normalized spacial score (nSPS) is 28.1. The van der Waals surface area contributed by atoms with Crippen LogP contribution in [0.4, 0.5) is 0 Å². The largest absolute Gasteiger partial charge is 0.228 e. The van der Waals surface area contributed by atoms with Gasteiger partial charge in [-0.05, 0) is 31.6 Å². The molecule has 0 amide bonds. The quantitative estimate of drug-likeness (QED) is 0.786. The summed E-state index contributed by atoms with van der Waals surface area (Å²) in [6.45, 7) is 3.93. The topological polar surface area (TPSA) is 70.0 Å². The molecule has 0 aromatic carbocycles. The van der Waals surface area contributed by atoms with Crippen LogP contribution in [0.3, 0.4) is 0 Å². The standard InChI is InChI=1S/C12H22N2O2S/c1-3-12(9-13)17(15,16)14-11-6-4-5-10(2)7-8-11/h10-12,14H,3-8H2,1-2H3. The first kappa shape index (κ1) is 14.5. The third kappa shape index (κ3) is 4.29. The fraction of sp³-hybridized carbons (Fsp3) is 0.917. The maximum absolute atomic E-state index is 11.9. The molecule has 17 heavy (non-hydrogen) atoms. The summed E-state index contributed by atoms with van der Waals surface area (Å²) in [4.78, 5) is 0. The number of rotatable bonds is 4. The summed E-state index contributed by atoms with van der Waals surface area (Å²) in [5.41, 5.74) is 0. The van der Waals surface area contributed by atoms with Crippen molar-refractivity contribution in [1.82, 2.24) is 4.72 Å². The molecule has 1 rings (SSSR count). The number of nitriles is 1. The van der Waals surface area contributed by atoms with Crippen LogP contribution >= 0.6 is 0 Å². The molecule has 0 bridgehead atoms. The van der Waals surface area contributed by atoms with Gasteiger partial charge >= 0.3 is 0 Å². The van der Waals surface area contributed by atoms with E-state index in [1.54, 1.807) is 6.92 Å². The zero-order valence-electron chi connectivity index (χ0n) is 10.6. The lowest BCUT2D eigenvalue weighted by Crippen LogP contribution is -2.40. The Morgan fingerprint density at radius 1 is 1.35 bits per heavy atom. The van der Waals surface area contributed by atoms with Gasteiger partial charge in [-0.15, -0.1) is 0 Å². The first-order valence-electron chi connectivity index (χ1n) is 6.40. The molecule has 0 saturated heterocycles. The molecule has 3 atom stereocenters. The number of sulfonamides is 1. The highest BCUT2D eigenvalue weighted by Crippen LogP contribution is 2.23. The van der Waals surface area contributed by atoms with Gasteiger partial charge in [0.2, 0.25) is 10.0 Å². The Bertz CT molecular complexity index is 372.